The summed E-state index contributed by atoms with van der Waals surface area (Å²) < 4.78 is 0. The van der Waals surface area contributed by atoms with Crippen LogP contribution in [0.1, 0.15) is 43.5 Å². The third kappa shape index (κ3) is 5.14. The van der Waals surface area contributed by atoms with Crippen LogP contribution in [0.3, 0.4) is 0 Å². The fourth-order valence-electron chi connectivity index (χ4n) is 4.10. The van der Waals surface area contributed by atoms with Crippen LogP contribution in [-0.2, 0) is 10.2 Å². The highest BCUT2D eigenvalue weighted by atomic mass is 16.4. The van der Waals surface area contributed by atoms with Crippen LogP contribution in [0.2, 0.25) is 0 Å². The summed E-state index contributed by atoms with van der Waals surface area (Å²) in [5, 5.41) is 12.8. The molecular formula is C28H30N5O2+. The van der Waals surface area contributed by atoms with Gasteiger partial charge in [0.1, 0.15) is 11.5 Å². The summed E-state index contributed by atoms with van der Waals surface area (Å²) in [6, 6.07) is 15.8. The predicted molar refractivity (Wildman–Crippen MR) is 140 cm³/mol. The molecule has 3 aromatic rings. The zero-order valence-corrected chi connectivity index (χ0v) is 20.2. The van der Waals surface area contributed by atoms with E-state index in [0.717, 1.165) is 39.1 Å². The van der Waals surface area contributed by atoms with Crippen LogP contribution < -0.4 is 16.0 Å². The third-order valence-electron chi connectivity index (χ3n) is 6.16. The molecule has 0 bridgehead atoms. The number of allylic oxidation sites excluding steroid dienone is 1. The highest BCUT2D eigenvalue weighted by Gasteiger charge is 2.51. The molecule has 1 aliphatic carbocycles. The van der Waals surface area contributed by atoms with Crippen molar-refractivity contribution in [2.45, 2.75) is 32.1 Å². The number of rotatable bonds is 7. The van der Waals surface area contributed by atoms with Gasteiger partial charge in [-0.2, -0.15) is 0 Å². The van der Waals surface area contributed by atoms with Crippen LogP contribution in [0.4, 0.5) is 5.82 Å². The monoisotopic (exact) mass is 468 g/mol. The van der Waals surface area contributed by atoms with Crippen LogP contribution >= 0.6 is 0 Å². The van der Waals surface area contributed by atoms with Crippen LogP contribution in [0, 0.1) is 0 Å². The molecule has 7 nitrogen and oxygen atoms in total. The number of aliphatic carboxylic acids is 1. The molecule has 0 spiro atoms. The summed E-state index contributed by atoms with van der Waals surface area (Å²) in [7, 11) is 1.70. The van der Waals surface area contributed by atoms with E-state index in [1.54, 1.807) is 13.2 Å². The first-order valence-electron chi connectivity index (χ1n) is 11.5. The fraction of sp³-hybridized carbons (Fsp3) is 0.214. The number of amidine groups is 1. The molecule has 5 N–H and O–H groups in total. The van der Waals surface area contributed by atoms with E-state index in [-0.39, 0.29) is 0 Å². The minimum Gasteiger partial charge on any atom is -0.481 e. The molecular weight excluding hydrogens is 438 g/mol. The maximum absolute atomic E-state index is 11.6. The van der Waals surface area contributed by atoms with Crippen molar-refractivity contribution in [1.29, 1.82) is 0 Å². The zero-order valence-electron chi connectivity index (χ0n) is 20.2. The first kappa shape index (κ1) is 23.9. The lowest BCUT2D eigenvalue weighted by molar-refractivity contribution is -0.378. The second-order valence-electron chi connectivity index (χ2n) is 8.92. The van der Waals surface area contributed by atoms with E-state index < -0.39 is 11.4 Å². The van der Waals surface area contributed by atoms with Gasteiger partial charge in [0.15, 0.2) is 12.0 Å². The summed E-state index contributed by atoms with van der Waals surface area (Å²) in [6.07, 6.45) is 8.52. The van der Waals surface area contributed by atoms with Crippen molar-refractivity contribution in [3.05, 3.63) is 89.5 Å². The molecule has 0 amide bonds. The van der Waals surface area contributed by atoms with Gasteiger partial charge in [0.25, 0.3) is 0 Å². The Morgan fingerprint density at radius 1 is 1.09 bits per heavy atom. The molecule has 0 unspecified atom stereocenters. The molecule has 1 heterocycles. The zero-order chi connectivity index (χ0) is 25.0. The molecule has 7 heteroatoms. The minimum absolute atomic E-state index is 0.600. The number of hydrogen-bond donors (Lipinski definition) is 3. The van der Waals surface area contributed by atoms with Crippen molar-refractivity contribution in [3.8, 4) is 11.1 Å². The number of hydrogen-bond acceptors (Lipinski definition) is 4. The molecule has 4 rings (SSSR count). The number of carbonyl (C=O) groups is 1. The Balaban J connectivity index is 1.52. The molecule has 0 aliphatic heterocycles. The Bertz CT molecular complexity index is 1310. The molecule has 1 aromatic heterocycles. The topological polar surface area (TPSA) is 115 Å². The Morgan fingerprint density at radius 2 is 1.71 bits per heavy atom. The molecule has 0 saturated heterocycles. The molecule has 1 aliphatic rings. The van der Waals surface area contributed by atoms with E-state index in [1.807, 2.05) is 74.7 Å². The number of nitrogens with one attached hydrogen (secondary N) is 2. The van der Waals surface area contributed by atoms with E-state index in [0.29, 0.717) is 24.5 Å². The van der Waals surface area contributed by atoms with Crippen molar-refractivity contribution in [2.24, 2.45) is 10.7 Å². The molecule has 0 radical (unpaired) electrons. The van der Waals surface area contributed by atoms with Crippen LogP contribution in [0.15, 0.2) is 77.7 Å². The van der Waals surface area contributed by atoms with Crippen LogP contribution in [-0.4, -0.2) is 28.9 Å². The fourth-order valence-corrected chi connectivity index (χ4v) is 4.10. The van der Waals surface area contributed by atoms with Crippen molar-refractivity contribution >= 4 is 29.3 Å². The standard InChI is InChI=1S/C28H29N5O2/c1-18(2)14-23-16-31-17-25(32-23)33-26(30-3)24(15-29)21-6-4-19(5-7-21)20-8-10-22(11-9-20)28(12-13-28)27(34)35/h4-11,14-17H,12-13,29H2,1-3H3,(H,34,35)(H,30,32,33)/p+1. The Labute approximate surface area is 205 Å². The second-order valence-corrected chi connectivity index (χ2v) is 8.92. The van der Waals surface area contributed by atoms with Gasteiger partial charge < -0.3 is 16.2 Å². The van der Waals surface area contributed by atoms with Crippen molar-refractivity contribution in [2.75, 3.05) is 12.4 Å². The van der Waals surface area contributed by atoms with Crippen molar-refractivity contribution in [1.82, 2.24) is 4.98 Å². The van der Waals surface area contributed by atoms with Gasteiger partial charge in [0, 0.05) is 18.8 Å². The lowest BCUT2D eigenvalue weighted by atomic mass is 9.93. The van der Waals surface area contributed by atoms with Gasteiger partial charge in [-0.1, -0.05) is 54.1 Å². The lowest BCUT2D eigenvalue weighted by Crippen LogP contribution is -2.19. The number of aromatic nitrogens is 2. The summed E-state index contributed by atoms with van der Waals surface area (Å²) in [5.74, 6) is 0.490. The largest absolute Gasteiger partial charge is 0.481 e. The number of nitrogens with two attached hydrogens (primary N) is 1. The van der Waals surface area contributed by atoms with E-state index in [2.05, 4.69) is 20.3 Å². The SMILES string of the molecule is CN=C(Nc1c[nH+]cc(C=C(C)C)n1)C(=CN)c1ccc(-c2ccc(C3(C(=O)O)CC3)cc2)cc1. The predicted octanol–water partition coefficient (Wildman–Crippen LogP) is 4.54. The average molecular weight is 469 g/mol. The molecule has 1 fully saturated rings. The number of benzene rings is 2. The van der Waals surface area contributed by atoms with Gasteiger partial charge in [-0.25, -0.2) is 9.97 Å². The molecule has 1 saturated carbocycles. The van der Waals surface area contributed by atoms with E-state index in [1.165, 1.54) is 6.20 Å². The van der Waals surface area contributed by atoms with Gasteiger partial charge in [0.2, 0.25) is 6.20 Å². The van der Waals surface area contributed by atoms with Gasteiger partial charge in [-0.3, -0.25) is 9.79 Å². The van der Waals surface area contributed by atoms with Gasteiger partial charge in [-0.15, -0.1) is 0 Å². The van der Waals surface area contributed by atoms with Crippen molar-refractivity contribution in [3.63, 3.8) is 0 Å². The summed E-state index contributed by atoms with van der Waals surface area (Å²) in [4.78, 5) is 23.7. The minimum atomic E-state index is -0.741. The lowest BCUT2D eigenvalue weighted by Gasteiger charge is -2.13. The van der Waals surface area contributed by atoms with Crippen LogP contribution in [0.25, 0.3) is 22.8 Å². The number of carboxylic acids is 1. The Kier molecular flexibility index (Phi) is 6.78. The maximum atomic E-state index is 11.6. The Morgan fingerprint density at radius 3 is 2.23 bits per heavy atom. The average Bonchev–Trinajstić information content (AvgIpc) is 3.67. The van der Waals surface area contributed by atoms with Gasteiger partial charge in [0.05, 0.1) is 5.41 Å². The first-order valence-corrected chi connectivity index (χ1v) is 11.5. The van der Waals surface area contributed by atoms with Crippen LogP contribution in [0.5, 0.6) is 0 Å². The molecule has 2 aromatic carbocycles. The highest BCUT2D eigenvalue weighted by molar-refractivity contribution is 6.28. The van der Waals surface area contributed by atoms with Gasteiger partial charge >= 0.3 is 5.97 Å². The molecule has 35 heavy (non-hydrogen) atoms. The number of carboxylic acid groups (broad SMARTS) is 1. The molecule has 178 valence electrons. The normalized spacial score (nSPS) is 14.8. The maximum Gasteiger partial charge on any atom is 0.314 e. The smallest absolute Gasteiger partial charge is 0.314 e. The number of aliphatic imine (C=N–C) groups is 1. The number of aromatic amines is 1. The number of H-pyrrole nitrogens is 1. The summed E-state index contributed by atoms with van der Waals surface area (Å²) >= 11 is 0. The summed E-state index contributed by atoms with van der Waals surface area (Å²) in [5.41, 5.74) is 11.9. The van der Waals surface area contributed by atoms with Gasteiger partial charge in [-0.05, 0) is 55.0 Å². The Hall–Kier alpha value is -4.26. The molecule has 0 atom stereocenters. The second kappa shape index (κ2) is 9.93. The van der Waals surface area contributed by atoms with Crippen molar-refractivity contribution < 1.29 is 14.9 Å². The number of anilines is 1. The van der Waals surface area contributed by atoms with E-state index in [4.69, 9.17) is 5.73 Å². The first-order chi connectivity index (χ1) is 16.9. The van der Waals surface area contributed by atoms with E-state index in [9.17, 15) is 9.90 Å². The number of nitrogens with zero attached hydrogens (tertiary/aromatic N) is 2. The summed E-state index contributed by atoms with van der Waals surface area (Å²) in [6.45, 7) is 4.04. The van der Waals surface area contributed by atoms with E-state index >= 15 is 0 Å². The third-order valence-corrected chi connectivity index (χ3v) is 6.16. The highest BCUT2D eigenvalue weighted by Crippen LogP contribution is 2.48. The quantitative estimate of drug-likeness (QED) is 0.348.